The molecule has 0 fully saturated rings. The van der Waals surface area contributed by atoms with Gasteiger partial charge in [0, 0.05) is 6.61 Å². The normalized spacial score (nSPS) is 20.8. The van der Waals surface area contributed by atoms with Gasteiger partial charge < -0.3 is 14.3 Å². The highest BCUT2D eigenvalue weighted by Gasteiger charge is 2.40. The first kappa shape index (κ1) is 20.3. The SMILES string of the molecule is Cc1c(O[Si](C)(C)C(C)(C)C)cc2c(c1C)O[C@](C)(CCCO)CC2. The van der Waals surface area contributed by atoms with Gasteiger partial charge >= 0.3 is 0 Å². The predicted octanol–water partition coefficient (Wildman–Crippen LogP) is 5.54. The minimum absolute atomic E-state index is 0.172. The van der Waals surface area contributed by atoms with Gasteiger partial charge in [-0.25, -0.2) is 0 Å². The van der Waals surface area contributed by atoms with Gasteiger partial charge in [0.25, 0.3) is 0 Å². The van der Waals surface area contributed by atoms with Crippen LogP contribution in [0.4, 0.5) is 0 Å². The Morgan fingerprint density at radius 3 is 2.44 bits per heavy atom. The molecule has 1 atom stereocenters. The van der Waals surface area contributed by atoms with Crippen LogP contribution in [0.3, 0.4) is 0 Å². The van der Waals surface area contributed by atoms with Crippen LogP contribution in [-0.4, -0.2) is 25.6 Å². The lowest BCUT2D eigenvalue weighted by Gasteiger charge is -2.39. The molecule has 0 spiro atoms. The van der Waals surface area contributed by atoms with E-state index >= 15 is 0 Å². The molecule has 0 aliphatic carbocycles. The maximum absolute atomic E-state index is 9.15. The molecule has 0 bridgehead atoms. The van der Waals surface area contributed by atoms with Crippen LogP contribution in [0.25, 0.3) is 0 Å². The quantitative estimate of drug-likeness (QED) is 0.697. The second-order valence-corrected chi connectivity index (χ2v) is 14.1. The van der Waals surface area contributed by atoms with Crippen LogP contribution < -0.4 is 9.16 Å². The van der Waals surface area contributed by atoms with Gasteiger partial charge in [-0.05, 0) is 87.3 Å². The van der Waals surface area contributed by atoms with E-state index in [1.54, 1.807) is 0 Å². The van der Waals surface area contributed by atoms with Crippen molar-refractivity contribution in [2.75, 3.05) is 6.61 Å². The number of benzene rings is 1. The summed E-state index contributed by atoms with van der Waals surface area (Å²) in [5, 5.41) is 9.33. The second-order valence-electron chi connectivity index (χ2n) is 9.35. The van der Waals surface area contributed by atoms with Gasteiger partial charge in [-0.15, -0.1) is 0 Å². The molecule has 0 saturated heterocycles. The first-order valence-electron chi connectivity index (χ1n) is 9.52. The highest BCUT2D eigenvalue weighted by atomic mass is 28.4. The van der Waals surface area contributed by atoms with E-state index < -0.39 is 8.32 Å². The van der Waals surface area contributed by atoms with Crippen molar-refractivity contribution in [3.8, 4) is 11.5 Å². The van der Waals surface area contributed by atoms with E-state index in [0.29, 0.717) is 0 Å². The molecule has 4 heteroatoms. The average Bonchev–Trinajstić information content (AvgIpc) is 2.50. The summed E-state index contributed by atoms with van der Waals surface area (Å²) in [5.74, 6) is 2.07. The third kappa shape index (κ3) is 4.22. The number of aliphatic hydroxyl groups excluding tert-OH is 1. The second kappa shape index (κ2) is 6.96. The topological polar surface area (TPSA) is 38.7 Å². The largest absolute Gasteiger partial charge is 0.543 e. The molecule has 1 aliphatic rings. The maximum atomic E-state index is 9.15. The summed E-state index contributed by atoms with van der Waals surface area (Å²) >= 11 is 0. The molecule has 25 heavy (non-hydrogen) atoms. The standard InChI is InChI=1S/C21H36O3Si/c1-15-16(2)19-17(10-12-21(6,23-19)11-9-13-22)14-18(15)24-25(7,8)20(3,4)5/h14,22H,9-13H2,1-8H3/t21-/m1/s1. The fourth-order valence-corrected chi connectivity index (χ4v) is 4.18. The van der Waals surface area contributed by atoms with Crippen LogP contribution >= 0.6 is 0 Å². The van der Waals surface area contributed by atoms with Gasteiger partial charge in [-0.3, -0.25) is 0 Å². The molecule has 1 aliphatic heterocycles. The number of aryl methyl sites for hydroxylation is 1. The van der Waals surface area contributed by atoms with Crippen molar-refractivity contribution >= 4 is 8.32 Å². The summed E-state index contributed by atoms with van der Waals surface area (Å²) < 4.78 is 13.0. The monoisotopic (exact) mass is 364 g/mol. The van der Waals surface area contributed by atoms with Gasteiger partial charge in [-0.1, -0.05) is 20.8 Å². The highest BCUT2D eigenvalue weighted by molar-refractivity contribution is 6.74. The summed E-state index contributed by atoms with van der Waals surface area (Å²) in [6.07, 6.45) is 3.67. The number of hydrogen-bond acceptors (Lipinski definition) is 3. The number of aliphatic hydroxyl groups is 1. The molecule has 2 rings (SSSR count). The van der Waals surface area contributed by atoms with E-state index in [-0.39, 0.29) is 17.2 Å². The first-order chi connectivity index (χ1) is 11.4. The minimum atomic E-state index is -1.86. The third-order valence-electron chi connectivity index (χ3n) is 6.18. The van der Waals surface area contributed by atoms with Crippen LogP contribution in [0.15, 0.2) is 6.07 Å². The van der Waals surface area contributed by atoms with Crippen LogP contribution in [0.1, 0.15) is 63.6 Å². The van der Waals surface area contributed by atoms with E-state index in [1.807, 2.05) is 0 Å². The van der Waals surface area contributed by atoms with Crippen LogP contribution in [-0.2, 0) is 6.42 Å². The number of hydrogen-bond donors (Lipinski definition) is 1. The number of ether oxygens (including phenoxy) is 1. The van der Waals surface area contributed by atoms with Gasteiger partial charge in [0.05, 0.1) is 0 Å². The smallest absolute Gasteiger partial charge is 0.250 e. The third-order valence-corrected chi connectivity index (χ3v) is 10.5. The van der Waals surface area contributed by atoms with Gasteiger partial charge in [0.15, 0.2) is 0 Å². The molecule has 1 heterocycles. The predicted molar refractivity (Wildman–Crippen MR) is 107 cm³/mol. The lowest BCUT2D eigenvalue weighted by Crippen LogP contribution is -2.44. The van der Waals surface area contributed by atoms with Gasteiger partial charge in [0.1, 0.15) is 17.1 Å². The molecule has 1 N–H and O–H groups in total. The molecular weight excluding hydrogens is 328 g/mol. The molecule has 0 radical (unpaired) electrons. The Labute approximate surface area is 154 Å². The summed E-state index contributed by atoms with van der Waals surface area (Å²) in [6, 6.07) is 2.21. The molecule has 0 saturated carbocycles. The zero-order chi connectivity index (χ0) is 19.0. The molecule has 0 amide bonds. The van der Waals surface area contributed by atoms with E-state index in [9.17, 15) is 0 Å². The van der Waals surface area contributed by atoms with Crippen molar-refractivity contribution in [3.05, 3.63) is 22.8 Å². The van der Waals surface area contributed by atoms with Crippen molar-refractivity contribution in [3.63, 3.8) is 0 Å². The average molecular weight is 365 g/mol. The highest BCUT2D eigenvalue weighted by Crippen LogP contribution is 2.44. The van der Waals surface area contributed by atoms with Crippen molar-refractivity contribution in [2.24, 2.45) is 0 Å². The summed E-state index contributed by atoms with van der Waals surface area (Å²) in [4.78, 5) is 0. The first-order valence-corrected chi connectivity index (χ1v) is 12.4. The van der Waals surface area contributed by atoms with E-state index in [2.05, 4.69) is 60.7 Å². The Bertz CT molecular complexity index is 631. The Balaban J connectivity index is 2.34. The van der Waals surface area contributed by atoms with Crippen molar-refractivity contribution in [1.29, 1.82) is 0 Å². The van der Waals surface area contributed by atoms with E-state index in [4.69, 9.17) is 14.3 Å². The van der Waals surface area contributed by atoms with Crippen LogP contribution in [0.2, 0.25) is 18.1 Å². The Morgan fingerprint density at radius 2 is 1.88 bits per heavy atom. The van der Waals surface area contributed by atoms with E-state index in [1.165, 1.54) is 16.7 Å². The van der Waals surface area contributed by atoms with Crippen LogP contribution in [0.5, 0.6) is 11.5 Å². The Kier molecular flexibility index (Phi) is 5.65. The molecular formula is C21H36O3Si. The number of fused-ring (bicyclic) bond motifs is 1. The molecule has 142 valence electrons. The Hall–Kier alpha value is -1.00. The molecule has 0 unspecified atom stereocenters. The summed E-state index contributed by atoms with van der Waals surface area (Å²) in [6.45, 7) is 18.1. The zero-order valence-corrected chi connectivity index (χ0v) is 18.4. The Morgan fingerprint density at radius 1 is 1.24 bits per heavy atom. The molecule has 0 aromatic heterocycles. The van der Waals surface area contributed by atoms with Crippen molar-refractivity contribution < 1.29 is 14.3 Å². The zero-order valence-electron chi connectivity index (χ0n) is 17.4. The summed E-state index contributed by atoms with van der Waals surface area (Å²) in [5.41, 5.74) is 3.48. The fraction of sp³-hybridized carbons (Fsp3) is 0.714. The lowest BCUT2D eigenvalue weighted by molar-refractivity contribution is 0.0481. The molecule has 3 nitrogen and oxygen atoms in total. The number of rotatable bonds is 5. The summed E-state index contributed by atoms with van der Waals surface area (Å²) in [7, 11) is -1.86. The maximum Gasteiger partial charge on any atom is 0.250 e. The molecule has 1 aromatic carbocycles. The van der Waals surface area contributed by atoms with Crippen molar-refractivity contribution in [2.45, 2.75) is 91.0 Å². The lowest BCUT2D eigenvalue weighted by atomic mass is 9.87. The fourth-order valence-electron chi connectivity index (χ4n) is 3.12. The van der Waals surface area contributed by atoms with Crippen molar-refractivity contribution in [1.82, 2.24) is 0 Å². The molecule has 1 aromatic rings. The van der Waals surface area contributed by atoms with Gasteiger partial charge in [0.2, 0.25) is 8.32 Å². The van der Waals surface area contributed by atoms with E-state index in [0.717, 1.165) is 37.2 Å². The van der Waals surface area contributed by atoms with Crippen LogP contribution in [0, 0.1) is 13.8 Å². The minimum Gasteiger partial charge on any atom is -0.543 e. The van der Waals surface area contributed by atoms with Gasteiger partial charge in [-0.2, -0.15) is 0 Å².